The van der Waals surface area contributed by atoms with E-state index in [4.69, 9.17) is 0 Å². The molecule has 0 spiro atoms. The summed E-state index contributed by atoms with van der Waals surface area (Å²) in [7, 11) is 1.83. The van der Waals surface area contributed by atoms with Crippen LogP contribution < -0.4 is 10.2 Å². The summed E-state index contributed by atoms with van der Waals surface area (Å²) in [6.45, 7) is 0.671. The van der Waals surface area contributed by atoms with E-state index in [1.165, 1.54) is 6.07 Å². The smallest absolute Gasteiger partial charge is 0.276 e. The Morgan fingerprint density at radius 2 is 1.75 bits per heavy atom. The lowest BCUT2D eigenvalue weighted by atomic mass is 10.2. The van der Waals surface area contributed by atoms with Gasteiger partial charge in [-0.05, 0) is 48.4 Å². The Kier molecular flexibility index (Phi) is 5.83. The summed E-state index contributed by atoms with van der Waals surface area (Å²) >= 11 is 0. The van der Waals surface area contributed by atoms with Gasteiger partial charge in [-0.15, -0.1) is 10.2 Å². The van der Waals surface area contributed by atoms with Gasteiger partial charge in [0.1, 0.15) is 0 Å². The van der Waals surface area contributed by atoms with Gasteiger partial charge in [0.05, 0.1) is 5.69 Å². The number of carbonyl (C=O) groups excluding carboxylic acids is 1. The molecule has 0 saturated carbocycles. The second-order valence-electron chi connectivity index (χ2n) is 5.98. The van der Waals surface area contributed by atoms with Gasteiger partial charge >= 0.3 is 0 Å². The highest BCUT2D eigenvalue weighted by Gasteiger charge is 2.17. The first-order chi connectivity index (χ1) is 13.5. The summed E-state index contributed by atoms with van der Waals surface area (Å²) in [5, 5.41) is 9.95. The molecule has 0 aliphatic carbocycles. The van der Waals surface area contributed by atoms with Crippen molar-refractivity contribution < 1.29 is 18.0 Å². The molecular weight excluding hydrogens is 371 g/mol. The maximum absolute atomic E-state index is 13.7. The third-order valence-corrected chi connectivity index (χ3v) is 4.04. The number of aromatic nitrogens is 3. The van der Waals surface area contributed by atoms with E-state index in [0.29, 0.717) is 12.4 Å². The Balaban J connectivity index is 1.63. The predicted octanol–water partition coefficient (Wildman–Crippen LogP) is 3.22. The minimum absolute atomic E-state index is 0.0876. The quantitative estimate of drug-likeness (QED) is 0.658. The van der Waals surface area contributed by atoms with E-state index >= 15 is 0 Å². The SMILES string of the molecule is CN(CCc1ccncc1)c1ccc(C(=O)Nc2ccc(F)c(F)c2F)nn1. The lowest BCUT2D eigenvalue weighted by molar-refractivity contribution is 0.102. The molecule has 9 heteroatoms. The fourth-order valence-corrected chi connectivity index (χ4v) is 2.42. The van der Waals surface area contributed by atoms with Crippen molar-refractivity contribution in [3.8, 4) is 0 Å². The van der Waals surface area contributed by atoms with E-state index in [0.717, 1.165) is 24.1 Å². The van der Waals surface area contributed by atoms with Crippen LogP contribution in [0.1, 0.15) is 16.1 Å². The maximum Gasteiger partial charge on any atom is 0.276 e. The third-order valence-electron chi connectivity index (χ3n) is 4.04. The minimum atomic E-state index is -1.66. The zero-order valence-corrected chi connectivity index (χ0v) is 14.9. The van der Waals surface area contributed by atoms with Gasteiger partial charge < -0.3 is 10.2 Å². The normalized spacial score (nSPS) is 10.6. The number of carbonyl (C=O) groups is 1. The summed E-state index contributed by atoms with van der Waals surface area (Å²) in [6.07, 6.45) is 4.22. The monoisotopic (exact) mass is 387 g/mol. The van der Waals surface area contributed by atoms with Crippen LogP contribution in [0.5, 0.6) is 0 Å². The van der Waals surface area contributed by atoms with Crippen molar-refractivity contribution >= 4 is 17.4 Å². The largest absolute Gasteiger partial charge is 0.358 e. The van der Waals surface area contributed by atoms with Crippen molar-refractivity contribution in [1.29, 1.82) is 0 Å². The van der Waals surface area contributed by atoms with Gasteiger partial charge in [-0.3, -0.25) is 9.78 Å². The summed E-state index contributed by atoms with van der Waals surface area (Å²) in [4.78, 5) is 18.0. The molecule has 1 N–H and O–H groups in total. The fourth-order valence-electron chi connectivity index (χ4n) is 2.42. The van der Waals surface area contributed by atoms with Crippen LogP contribution in [0.15, 0.2) is 48.8 Å². The molecule has 0 fully saturated rings. The average Bonchev–Trinajstić information content (AvgIpc) is 2.73. The number of likely N-dealkylation sites (N-methyl/N-ethyl adjacent to an activating group) is 1. The fraction of sp³-hybridized carbons (Fsp3) is 0.158. The number of amides is 1. The highest BCUT2D eigenvalue weighted by Crippen LogP contribution is 2.20. The second kappa shape index (κ2) is 8.47. The molecule has 0 radical (unpaired) electrons. The summed E-state index contributed by atoms with van der Waals surface area (Å²) in [6, 6.07) is 8.50. The highest BCUT2D eigenvalue weighted by atomic mass is 19.2. The standard InChI is InChI=1S/C19H16F3N5O/c1-27(11-8-12-6-9-23-10-7-12)16-5-4-15(25-26-16)19(28)24-14-3-2-13(20)17(21)18(14)22/h2-7,9-10H,8,11H2,1H3,(H,24,28). The average molecular weight is 387 g/mol. The molecule has 2 aromatic heterocycles. The molecule has 3 rings (SSSR count). The number of nitrogens with one attached hydrogen (secondary N) is 1. The summed E-state index contributed by atoms with van der Waals surface area (Å²) in [5.74, 6) is -4.72. The van der Waals surface area contributed by atoms with Crippen LogP contribution in [-0.2, 0) is 6.42 Å². The second-order valence-corrected chi connectivity index (χ2v) is 5.98. The van der Waals surface area contributed by atoms with Gasteiger partial charge in [0, 0.05) is 26.0 Å². The molecule has 3 aromatic rings. The number of halogens is 3. The Bertz CT molecular complexity index is 967. The molecule has 0 aliphatic heterocycles. The maximum atomic E-state index is 13.7. The molecule has 144 valence electrons. The molecule has 1 aromatic carbocycles. The Hall–Kier alpha value is -3.49. The molecule has 0 unspecified atom stereocenters. The van der Waals surface area contributed by atoms with Crippen LogP contribution in [0.3, 0.4) is 0 Å². The van der Waals surface area contributed by atoms with Gasteiger partial charge in [0.15, 0.2) is 29.0 Å². The summed E-state index contributed by atoms with van der Waals surface area (Å²) in [5.41, 5.74) is 0.555. The number of benzene rings is 1. The molecule has 0 atom stereocenters. The molecule has 6 nitrogen and oxygen atoms in total. The molecule has 1 amide bonds. The van der Waals surface area contributed by atoms with Crippen molar-refractivity contribution in [1.82, 2.24) is 15.2 Å². The van der Waals surface area contributed by atoms with Crippen LogP contribution in [0.4, 0.5) is 24.7 Å². The number of anilines is 2. The Morgan fingerprint density at radius 1 is 1.00 bits per heavy atom. The van der Waals surface area contributed by atoms with Crippen molar-refractivity contribution in [2.24, 2.45) is 0 Å². The van der Waals surface area contributed by atoms with Crippen LogP contribution >= 0.6 is 0 Å². The van der Waals surface area contributed by atoms with Gasteiger partial charge in [-0.2, -0.15) is 0 Å². The lowest BCUT2D eigenvalue weighted by Crippen LogP contribution is -2.23. The molecule has 0 aliphatic rings. The van der Waals surface area contributed by atoms with E-state index in [-0.39, 0.29) is 5.69 Å². The number of nitrogens with zero attached hydrogens (tertiary/aromatic N) is 4. The van der Waals surface area contributed by atoms with E-state index < -0.39 is 29.0 Å². The number of hydrogen-bond donors (Lipinski definition) is 1. The van der Waals surface area contributed by atoms with E-state index in [1.54, 1.807) is 18.5 Å². The topological polar surface area (TPSA) is 71.0 Å². The highest BCUT2D eigenvalue weighted by molar-refractivity contribution is 6.02. The van der Waals surface area contributed by atoms with Gasteiger partial charge in [0.25, 0.3) is 5.91 Å². The van der Waals surface area contributed by atoms with E-state index in [2.05, 4.69) is 20.5 Å². The molecule has 28 heavy (non-hydrogen) atoms. The van der Waals surface area contributed by atoms with Crippen LogP contribution in [-0.4, -0.2) is 34.7 Å². The van der Waals surface area contributed by atoms with Crippen LogP contribution in [0, 0.1) is 17.5 Å². The molecule has 2 heterocycles. The van der Waals surface area contributed by atoms with Crippen LogP contribution in [0.2, 0.25) is 0 Å². The minimum Gasteiger partial charge on any atom is -0.358 e. The van der Waals surface area contributed by atoms with Gasteiger partial charge in [-0.1, -0.05) is 0 Å². The van der Waals surface area contributed by atoms with Crippen molar-refractivity contribution in [2.45, 2.75) is 6.42 Å². The first-order valence-corrected chi connectivity index (χ1v) is 8.34. The van der Waals surface area contributed by atoms with Crippen molar-refractivity contribution in [3.63, 3.8) is 0 Å². The van der Waals surface area contributed by atoms with Gasteiger partial charge in [0.2, 0.25) is 0 Å². The van der Waals surface area contributed by atoms with Gasteiger partial charge in [-0.25, -0.2) is 13.2 Å². The first kappa shape index (κ1) is 19.3. The first-order valence-electron chi connectivity index (χ1n) is 8.34. The predicted molar refractivity (Wildman–Crippen MR) is 97.5 cm³/mol. The molecular formula is C19H16F3N5O. The zero-order valence-electron chi connectivity index (χ0n) is 14.9. The van der Waals surface area contributed by atoms with Crippen molar-refractivity contribution in [2.75, 3.05) is 23.8 Å². The molecule has 0 bridgehead atoms. The van der Waals surface area contributed by atoms with Crippen LogP contribution in [0.25, 0.3) is 0 Å². The number of pyridine rings is 1. The number of hydrogen-bond acceptors (Lipinski definition) is 5. The summed E-state index contributed by atoms with van der Waals surface area (Å²) < 4.78 is 39.9. The molecule has 0 saturated heterocycles. The van der Waals surface area contributed by atoms with E-state index in [9.17, 15) is 18.0 Å². The number of rotatable bonds is 6. The van der Waals surface area contributed by atoms with E-state index in [1.807, 2.05) is 24.1 Å². The zero-order chi connectivity index (χ0) is 20.1. The third kappa shape index (κ3) is 4.43. The lowest BCUT2D eigenvalue weighted by Gasteiger charge is -2.17. The Labute approximate surface area is 159 Å². The van der Waals surface area contributed by atoms with Crippen molar-refractivity contribution in [3.05, 3.63) is 77.5 Å². The Morgan fingerprint density at radius 3 is 2.43 bits per heavy atom.